The van der Waals surface area contributed by atoms with E-state index in [1.807, 2.05) is 0 Å². The van der Waals surface area contributed by atoms with E-state index in [-0.39, 0.29) is 12.5 Å². The summed E-state index contributed by atoms with van der Waals surface area (Å²) in [5, 5.41) is 6.83. The summed E-state index contributed by atoms with van der Waals surface area (Å²) < 4.78 is 24.9. The lowest BCUT2D eigenvalue weighted by Gasteiger charge is -2.17. The quantitative estimate of drug-likeness (QED) is 0.541. The molecule has 1 amide bonds. The van der Waals surface area contributed by atoms with Crippen molar-refractivity contribution in [1.29, 1.82) is 0 Å². The van der Waals surface area contributed by atoms with Gasteiger partial charge in [-0.3, -0.25) is 9.59 Å². The van der Waals surface area contributed by atoms with Crippen LogP contribution in [0.15, 0.2) is 65.5 Å². The van der Waals surface area contributed by atoms with E-state index in [0.29, 0.717) is 23.4 Å². The highest BCUT2D eigenvalue weighted by Crippen LogP contribution is 2.15. The SMILES string of the molecule is CCOC(=O)c1cccc(NC(=O)[C@H](CC)Oc2ccc(=O)n(-c3ccc(F)cc3)n2)c1. The normalized spacial score (nSPS) is 11.5. The van der Waals surface area contributed by atoms with Crippen LogP contribution in [0.1, 0.15) is 30.6 Å². The van der Waals surface area contributed by atoms with Gasteiger partial charge in [-0.2, -0.15) is 4.68 Å². The van der Waals surface area contributed by atoms with Crippen LogP contribution in [-0.2, 0) is 9.53 Å². The number of benzene rings is 2. The van der Waals surface area contributed by atoms with Crippen molar-refractivity contribution in [1.82, 2.24) is 9.78 Å². The molecule has 3 rings (SSSR count). The Balaban J connectivity index is 1.75. The molecule has 0 fully saturated rings. The smallest absolute Gasteiger partial charge is 0.338 e. The molecule has 1 atom stereocenters. The monoisotopic (exact) mass is 439 g/mol. The van der Waals surface area contributed by atoms with E-state index in [1.54, 1.807) is 32.0 Å². The lowest BCUT2D eigenvalue weighted by atomic mass is 10.2. The molecule has 0 aliphatic rings. The predicted octanol–water partition coefficient (Wildman–Crippen LogP) is 3.34. The molecule has 0 unspecified atom stereocenters. The van der Waals surface area contributed by atoms with Gasteiger partial charge in [0.15, 0.2) is 6.10 Å². The van der Waals surface area contributed by atoms with Crippen LogP contribution < -0.4 is 15.6 Å². The summed E-state index contributed by atoms with van der Waals surface area (Å²) in [7, 11) is 0. The number of hydrogen-bond donors (Lipinski definition) is 1. The third-order valence-corrected chi connectivity index (χ3v) is 4.41. The molecule has 0 radical (unpaired) electrons. The molecule has 0 aliphatic carbocycles. The summed E-state index contributed by atoms with van der Waals surface area (Å²) in [6, 6.07) is 14.2. The first-order valence-corrected chi connectivity index (χ1v) is 10.0. The molecule has 0 bridgehead atoms. The van der Waals surface area contributed by atoms with Crippen LogP contribution in [-0.4, -0.2) is 34.4 Å². The van der Waals surface area contributed by atoms with Crippen LogP contribution in [0.4, 0.5) is 10.1 Å². The maximum absolute atomic E-state index is 13.2. The van der Waals surface area contributed by atoms with Gasteiger partial charge in [0.25, 0.3) is 11.5 Å². The molecule has 9 heteroatoms. The Bertz CT molecular complexity index is 1160. The minimum atomic E-state index is -0.909. The number of anilines is 1. The van der Waals surface area contributed by atoms with Gasteiger partial charge in [-0.25, -0.2) is 9.18 Å². The molecule has 1 N–H and O–H groups in total. The van der Waals surface area contributed by atoms with E-state index in [4.69, 9.17) is 9.47 Å². The number of nitrogens with one attached hydrogen (secondary N) is 1. The molecule has 0 saturated carbocycles. The largest absolute Gasteiger partial charge is 0.463 e. The molecule has 166 valence electrons. The summed E-state index contributed by atoms with van der Waals surface area (Å²) in [6.07, 6.45) is -0.589. The lowest BCUT2D eigenvalue weighted by Crippen LogP contribution is -2.33. The number of hydrogen-bond acceptors (Lipinski definition) is 6. The van der Waals surface area contributed by atoms with Crippen LogP contribution >= 0.6 is 0 Å². The Morgan fingerprint density at radius 2 is 1.84 bits per heavy atom. The second-order valence-electron chi connectivity index (χ2n) is 6.70. The fourth-order valence-corrected chi connectivity index (χ4v) is 2.85. The molecule has 3 aromatic rings. The molecule has 8 nitrogen and oxygen atoms in total. The van der Waals surface area contributed by atoms with E-state index in [2.05, 4.69) is 10.4 Å². The predicted molar refractivity (Wildman–Crippen MR) is 116 cm³/mol. The van der Waals surface area contributed by atoms with Gasteiger partial charge in [0.05, 0.1) is 17.9 Å². The van der Waals surface area contributed by atoms with Gasteiger partial charge in [-0.15, -0.1) is 5.10 Å². The topological polar surface area (TPSA) is 99.5 Å². The maximum atomic E-state index is 13.2. The van der Waals surface area contributed by atoms with E-state index in [0.717, 1.165) is 4.68 Å². The summed E-state index contributed by atoms with van der Waals surface area (Å²) in [5.41, 5.74) is 0.644. The Morgan fingerprint density at radius 3 is 2.53 bits per heavy atom. The second kappa shape index (κ2) is 10.3. The van der Waals surface area contributed by atoms with Gasteiger partial charge in [0.1, 0.15) is 5.82 Å². The van der Waals surface area contributed by atoms with Crippen molar-refractivity contribution in [3.05, 3.63) is 82.4 Å². The van der Waals surface area contributed by atoms with E-state index < -0.39 is 29.4 Å². The maximum Gasteiger partial charge on any atom is 0.338 e. The molecule has 2 aromatic carbocycles. The molecule has 32 heavy (non-hydrogen) atoms. The first-order chi connectivity index (χ1) is 15.4. The van der Waals surface area contributed by atoms with Crippen molar-refractivity contribution in [3.63, 3.8) is 0 Å². The Kier molecular flexibility index (Phi) is 7.33. The number of ether oxygens (including phenoxy) is 2. The average molecular weight is 439 g/mol. The highest BCUT2D eigenvalue weighted by atomic mass is 19.1. The zero-order valence-electron chi connectivity index (χ0n) is 17.6. The third-order valence-electron chi connectivity index (χ3n) is 4.41. The fraction of sp³-hybridized carbons (Fsp3) is 0.217. The minimum Gasteiger partial charge on any atom is -0.463 e. The van der Waals surface area contributed by atoms with Crippen molar-refractivity contribution in [2.45, 2.75) is 26.4 Å². The van der Waals surface area contributed by atoms with Gasteiger partial charge in [-0.05, 0) is 55.8 Å². The number of amides is 1. The van der Waals surface area contributed by atoms with Crippen molar-refractivity contribution in [2.24, 2.45) is 0 Å². The first kappa shape index (κ1) is 22.7. The number of rotatable bonds is 8. The molecular weight excluding hydrogens is 417 g/mol. The molecule has 0 aliphatic heterocycles. The van der Waals surface area contributed by atoms with Gasteiger partial charge in [0.2, 0.25) is 5.88 Å². The number of carbonyl (C=O) groups excluding carboxylic acids is 2. The standard InChI is InChI=1S/C23H22FN3O5/c1-3-19(22(29)25-17-7-5-6-15(14-17)23(30)31-4-2)32-20-12-13-21(28)27(26-20)18-10-8-16(24)9-11-18/h5-14,19H,3-4H2,1-2H3,(H,25,29)/t19-/m0/s1. The zero-order chi connectivity index (χ0) is 23.1. The Labute approximate surface area is 183 Å². The highest BCUT2D eigenvalue weighted by molar-refractivity contribution is 5.96. The van der Waals surface area contributed by atoms with Crippen molar-refractivity contribution in [3.8, 4) is 11.6 Å². The number of halogens is 1. The number of nitrogens with zero attached hydrogens (tertiary/aromatic N) is 2. The van der Waals surface area contributed by atoms with Crippen molar-refractivity contribution >= 4 is 17.6 Å². The molecule has 0 saturated heterocycles. The zero-order valence-corrected chi connectivity index (χ0v) is 17.6. The van der Waals surface area contributed by atoms with Gasteiger partial charge < -0.3 is 14.8 Å². The van der Waals surface area contributed by atoms with Gasteiger partial charge in [-0.1, -0.05) is 13.0 Å². The highest BCUT2D eigenvalue weighted by Gasteiger charge is 2.20. The van der Waals surface area contributed by atoms with E-state index in [1.165, 1.54) is 42.5 Å². The van der Waals surface area contributed by atoms with Crippen molar-refractivity contribution < 1.29 is 23.5 Å². The lowest BCUT2D eigenvalue weighted by molar-refractivity contribution is -0.123. The van der Waals surface area contributed by atoms with Crippen molar-refractivity contribution in [2.75, 3.05) is 11.9 Å². The third kappa shape index (κ3) is 5.57. The Morgan fingerprint density at radius 1 is 1.09 bits per heavy atom. The van der Waals surface area contributed by atoms with Gasteiger partial charge in [0, 0.05) is 17.8 Å². The van der Waals surface area contributed by atoms with E-state index >= 15 is 0 Å². The summed E-state index contributed by atoms with van der Waals surface area (Å²) in [5.74, 6) is -1.32. The van der Waals surface area contributed by atoms with Crippen LogP contribution in [0.25, 0.3) is 5.69 Å². The summed E-state index contributed by atoms with van der Waals surface area (Å²) in [6.45, 7) is 3.71. The van der Waals surface area contributed by atoms with Crippen LogP contribution in [0.2, 0.25) is 0 Å². The van der Waals surface area contributed by atoms with Crippen LogP contribution in [0, 0.1) is 5.82 Å². The van der Waals surface area contributed by atoms with Gasteiger partial charge >= 0.3 is 5.97 Å². The van der Waals surface area contributed by atoms with Crippen LogP contribution in [0.5, 0.6) is 5.88 Å². The first-order valence-electron chi connectivity index (χ1n) is 10.0. The number of carbonyl (C=O) groups is 2. The number of aromatic nitrogens is 2. The molecule has 1 heterocycles. The minimum absolute atomic E-state index is 0.0520. The summed E-state index contributed by atoms with van der Waals surface area (Å²) in [4.78, 5) is 36.8. The second-order valence-corrected chi connectivity index (χ2v) is 6.70. The summed E-state index contributed by atoms with van der Waals surface area (Å²) >= 11 is 0. The molecule has 1 aromatic heterocycles. The molecule has 0 spiro atoms. The number of esters is 1. The average Bonchev–Trinajstić information content (AvgIpc) is 2.79. The van der Waals surface area contributed by atoms with Crippen LogP contribution in [0.3, 0.4) is 0 Å². The fourth-order valence-electron chi connectivity index (χ4n) is 2.85. The Hall–Kier alpha value is -4.01. The molecular formula is C23H22FN3O5. The van der Waals surface area contributed by atoms with E-state index in [9.17, 15) is 18.8 Å².